The van der Waals surface area contributed by atoms with Crippen LogP contribution >= 0.6 is 11.6 Å². The van der Waals surface area contributed by atoms with Crippen LogP contribution in [0.1, 0.15) is 37.3 Å². The van der Waals surface area contributed by atoms with Crippen LogP contribution in [-0.4, -0.2) is 9.97 Å². The monoisotopic (exact) mass is 325 g/mol. The van der Waals surface area contributed by atoms with Gasteiger partial charge in [-0.3, -0.25) is 0 Å². The minimum absolute atomic E-state index is 0.247. The maximum atomic E-state index is 6.21. The van der Waals surface area contributed by atoms with Crippen LogP contribution in [0.5, 0.6) is 0 Å². The van der Waals surface area contributed by atoms with Crippen LogP contribution in [0.25, 0.3) is 11.0 Å². The Morgan fingerprint density at radius 1 is 1.09 bits per heavy atom. The molecule has 0 saturated heterocycles. The van der Waals surface area contributed by atoms with Crippen molar-refractivity contribution >= 4 is 28.6 Å². The van der Waals surface area contributed by atoms with E-state index in [4.69, 9.17) is 11.6 Å². The van der Waals surface area contributed by atoms with Gasteiger partial charge in [0.1, 0.15) is 0 Å². The van der Waals surface area contributed by atoms with E-state index in [9.17, 15) is 0 Å². The third kappa shape index (κ3) is 3.06. The van der Waals surface area contributed by atoms with Crippen LogP contribution in [0.3, 0.4) is 0 Å². The first-order valence-electron chi connectivity index (χ1n) is 8.26. The molecule has 0 aliphatic heterocycles. The quantitative estimate of drug-likeness (QED) is 0.659. The van der Waals surface area contributed by atoms with Gasteiger partial charge in [-0.05, 0) is 48.6 Å². The predicted octanol–water partition coefficient (Wildman–Crippen LogP) is 5.56. The van der Waals surface area contributed by atoms with Gasteiger partial charge >= 0.3 is 0 Å². The fourth-order valence-corrected chi connectivity index (χ4v) is 3.83. The molecule has 0 bridgehead atoms. The second kappa shape index (κ2) is 6.25. The normalized spacial score (nSPS) is 16.7. The van der Waals surface area contributed by atoms with E-state index in [0.29, 0.717) is 5.92 Å². The molecular weight excluding hydrogens is 306 g/mol. The van der Waals surface area contributed by atoms with E-state index >= 15 is 0 Å². The van der Waals surface area contributed by atoms with Crippen LogP contribution in [0, 0.1) is 5.92 Å². The first-order valence-corrected chi connectivity index (χ1v) is 8.64. The van der Waals surface area contributed by atoms with Gasteiger partial charge in [0.05, 0.1) is 17.1 Å². The highest BCUT2D eigenvalue weighted by atomic mass is 35.5. The number of halogens is 1. The number of fused-ring (bicyclic) bond motifs is 1. The molecule has 1 saturated carbocycles. The summed E-state index contributed by atoms with van der Waals surface area (Å²) in [5.41, 5.74) is 3.29. The van der Waals surface area contributed by atoms with E-state index in [1.165, 1.54) is 31.2 Å². The average molecular weight is 326 g/mol. The lowest BCUT2D eigenvalue weighted by Crippen LogP contribution is -2.19. The molecule has 3 aromatic rings. The van der Waals surface area contributed by atoms with Crippen LogP contribution in [0.4, 0.5) is 5.95 Å². The van der Waals surface area contributed by atoms with Crippen LogP contribution in [0.2, 0.25) is 5.02 Å². The largest absolute Gasteiger partial charge is 0.349 e. The molecule has 0 spiro atoms. The number of nitrogens with zero attached hydrogens (tertiary/aromatic N) is 1. The van der Waals surface area contributed by atoms with E-state index in [-0.39, 0.29) is 6.04 Å². The molecule has 23 heavy (non-hydrogen) atoms. The molecule has 0 unspecified atom stereocenters. The third-order valence-electron chi connectivity index (χ3n) is 4.76. The molecule has 1 aliphatic rings. The molecule has 4 heteroatoms. The second-order valence-electron chi connectivity index (χ2n) is 6.32. The maximum absolute atomic E-state index is 6.21. The van der Waals surface area contributed by atoms with Gasteiger partial charge in [-0.2, -0.15) is 0 Å². The van der Waals surface area contributed by atoms with Crippen LogP contribution in [0.15, 0.2) is 48.5 Å². The Morgan fingerprint density at radius 3 is 2.70 bits per heavy atom. The molecule has 1 atom stereocenters. The number of para-hydroxylation sites is 2. The Kier molecular flexibility index (Phi) is 3.96. The van der Waals surface area contributed by atoms with E-state index in [1.807, 2.05) is 30.3 Å². The van der Waals surface area contributed by atoms with Gasteiger partial charge < -0.3 is 10.3 Å². The van der Waals surface area contributed by atoms with Gasteiger partial charge in [0.25, 0.3) is 0 Å². The highest BCUT2D eigenvalue weighted by molar-refractivity contribution is 6.30. The van der Waals surface area contributed by atoms with Crippen molar-refractivity contribution in [3.63, 3.8) is 0 Å². The van der Waals surface area contributed by atoms with Crippen molar-refractivity contribution < 1.29 is 0 Å². The zero-order valence-corrected chi connectivity index (χ0v) is 13.7. The van der Waals surface area contributed by atoms with Crippen molar-refractivity contribution in [1.82, 2.24) is 9.97 Å². The minimum Gasteiger partial charge on any atom is -0.349 e. The van der Waals surface area contributed by atoms with Crippen molar-refractivity contribution in [2.45, 2.75) is 31.7 Å². The first-order chi connectivity index (χ1) is 11.3. The van der Waals surface area contributed by atoms with Gasteiger partial charge in [0.2, 0.25) is 5.95 Å². The van der Waals surface area contributed by atoms with Crippen molar-refractivity contribution in [2.24, 2.45) is 5.92 Å². The predicted molar refractivity (Wildman–Crippen MR) is 95.9 cm³/mol. The van der Waals surface area contributed by atoms with Crippen molar-refractivity contribution in [3.05, 3.63) is 59.1 Å². The van der Waals surface area contributed by atoms with E-state index in [1.54, 1.807) is 0 Å². The molecule has 1 fully saturated rings. The molecule has 0 amide bonds. The smallest absolute Gasteiger partial charge is 0.201 e. The number of anilines is 1. The zero-order chi connectivity index (χ0) is 15.6. The summed E-state index contributed by atoms with van der Waals surface area (Å²) >= 11 is 6.21. The molecule has 3 nitrogen and oxygen atoms in total. The molecule has 1 heterocycles. The summed E-state index contributed by atoms with van der Waals surface area (Å²) in [7, 11) is 0. The summed E-state index contributed by atoms with van der Waals surface area (Å²) < 4.78 is 0. The zero-order valence-electron chi connectivity index (χ0n) is 12.9. The van der Waals surface area contributed by atoms with E-state index < -0.39 is 0 Å². The molecule has 2 N–H and O–H groups in total. The fraction of sp³-hybridized carbons (Fsp3) is 0.316. The van der Waals surface area contributed by atoms with Gasteiger partial charge in [0.15, 0.2) is 0 Å². The first kappa shape index (κ1) is 14.6. The highest BCUT2D eigenvalue weighted by Gasteiger charge is 2.27. The third-order valence-corrected chi connectivity index (χ3v) is 5.00. The number of imidazole rings is 1. The van der Waals surface area contributed by atoms with Crippen molar-refractivity contribution in [1.29, 1.82) is 0 Å². The topological polar surface area (TPSA) is 40.7 Å². The minimum atomic E-state index is 0.247. The van der Waals surface area contributed by atoms with Gasteiger partial charge in [-0.1, -0.05) is 48.7 Å². The lowest BCUT2D eigenvalue weighted by Gasteiger charge is -2.25. The number of aromatic amines is 1. The number of rotatable bonds is 4. The molecule has 118 valence electrons. The van der Waals surface area contributed by atoms with Crippen molar-refractivity contribution in [2.75, 3.05) is 5.32 Å². The van der Waals surface area contributed by atoms with Gasteiger partial charge in [-0.25, -0.2) is 4.98 Å². The maximum Gasteiger partial charge on any atom is 0.201 e. The Morgan fingerprint density at radius 2 is 1.91 bits per heavy atom. The molecule has 2 aromatic carbocycles. The molecule has 1 aliphatic carbocycles. The summed E-state index contributed by atoms with van der Waals surface area (Å²) in [5.74, 6) is 1.46. The summed E-state index contributed by atoms with van der Waals surface area (Å²) in [6.45, 7) is 0. The Labute approximate surface area is 141 Å². The summed E-state index contributed by atoms with van der Waals surface area (Å²) in [6, 6.07) is 16.5. The summed E-state index contributed by atoms with van der Waals surface area (Å²) in [6.07, 6.45) is 5.13. The molecule has 4 rings (SSSR count). The Balaban J connectivity index is 1.67. The molecule has 1 aromatic heterocycles. The van der Waals surface area contributed by atoms with Crippen LogP contribution in [-0.2, 0) is 0 Å². The lowest BCUT2D eigenvalue weighted by atomic mass is 9.92. The second-order valence-corrected chi connectivity index (χ2v) is 6.76. The molecule has 0 radical (unpaired) electrons. The average Bonchev–Trinajstić information content (AvgIpc) is 3.21. The lowest BCUT2D eigenvalue weighted by molar-refractivity contribution is 0.468. The fourth-order valence-electron chi connectivity index (χ4n) is 3.63. The number of benzene rings is 2. The summed E-state index contributed by atoms with van der Waals surface area (Å²) in [4.78, 5) is 8.05. The highest BCUT2D eigenvalue weighted by Crippen LogP contribution is 2.38. The Bertz CT molecular complexity index is 772. The standard InChI is InChI=1S/C19H20ClN3/c20-15-9-5-8-14(12-15)18(13-6-1-2-7-13)23-19-21-16-10-3-4-11-17(16)22-19/h3-5,8-13,18H,1-2,6-7H2,(H2,21,22,23)/t18-/m0/s1. The van der Waals surface area contributed by atoms with E-state index in [2.05, 4.69) is 33.5 Å². The van der Waals surface area contributed by atoms with Crippen molar-refractivity contribution in [3.8, 4) is 0 Å². The van der Waals surface area contributed by atoms with Gasteiger partial charge in [-0.15, -0.1) is 0 Å². The SMILES string of the molecule is Clc1cccc([C@@H](Nc2nc3ccccc3[nH]2)C2CCCC2)c1. The number of aromatic nitrogens is 2. The van der Waals surface area contributed by atoms with Crippen LogP contribution < -0.4 is 5.32 Å². The number of hydrogen-bond acceptors (Lipinski definition) is 2. The molecular formula is C19H20ClN3. The van der Waals surface area contributed by atoms with E-state index in [0.717, 1.165) is 22.0 Å². The number of hydrogen-bond donors (Lipinski definition) is 2. The number of H-pyrrole nitrogens is 1. The van der Waals surface area contributed by atoms with Gasteiger partial charge in [0, 0.05) is 5.02 Å². The Hall–Kier alpha value is -2.00. The number of nitrogens with one attached hydrogen (secondary N) is 2. The summed E-state index contributed by atoms with van der Waals surface area (Å²) in [5, 5.41) is 4.42.